The Morgan fingerprint density at radius 2 is 1.43 bits per heavy atom. The molecule has 1 aliphatic carbocycles. The van der Waals surface area contributed by atoms with Gasteiger partial charge in [-0.15, -0.1) is 0 Å². The van der Waals surface area contributed by atoms with Gasteiger partial charge in [-0.05, 0) is 48.2 Å². The summed E-state index contributed by atoms with van der Waals surface area (Å²) in [6.45, 7) is -0.494. The standard InChI is InChI=1S/C25H19F10N3O2/c26-21(11-38(12-21)20(39)36-18-5-6-18)14-3-1-13(2-4-14)19-10-22(40-37-19,25(33,34)35)15-7-16(23(27,28)29)9-17(8-15)24(30,31)32/h1-4,7-10,18,37H,5-6,11-12H2,(H,36,39). The lowest BCUT2D eigenvalue weighted by atomic mass is 9.86. The summed E-state index contributed by atoms with van der Waals surface area (Å²) >= 11 is 0. The van der Waals surface area contributed by atoms with Gasteiger partial charge in [0, 0.05) is 11.6 Å². The van der Waals surface area contributed by atoms with Gasteiger partial charge in [-0.25, -0.2) is 9.18 Å². The smallest absolute Gasteiger partial charge is 0.335 e. The van der Waals surface area contributed by atoms with Gasteiger partial charge < -0.3 is 10.2 Å². The molecule has 1 saturated heterocycles. The highest BCUT2D eigenvalue weighted by Gasteiger charge is 2.60. The Balaban J connectivity index is 1.44. The second kappa shape index (κ2) is 9.01. The molecule has 2 aromatic carbocycles. The summed E-state index contributed by atoms with van der Waals surface area (Å²) in [6, 6.07) is 4.22. The lowest BCUT2D eigenvalue weighted by molar-refractivity contribution is -0.269. The highest BCUT2D eigenvalue weighted by molar-refractivity contribution is 5.76. The zero-order valence-electron chi connectivity index (χ0n) is 20.1. The molecule has 1 unspecified atom stereocenters. The van der Waals surface area contributed by atoms with Gasteiger partial charge >= 0.3 is 24.6 Å². The first-order valence-corrected chi connectivity index (χ1v) is 11.8. The summed E-state index contributed by atoms with van der Waals surface area (Å²) in [7, 11) is 0. The van der Waals surface area contributed by atoms with Gasteiger partial charge in [0.2, 0.25) is 5.60 Å². The van der Waals surface area contributed by atoms with Crippen molar-refractivity contribution >= 4 is 11.7 Å². The van der Waals surface area contributed by atoms with Crippen LogP contribution in [-0.2, 0) is 28.5 Å². The third-order valence-corrected chi connectivity index (χ3v) is 6.90. The zero-order valence-corrected chi connectivity index (χ0v) is 20.1. The summed E-state index contributed by atoms with van der Waals surface area (Å²) in [5.41, 5.74) is -9.29. The monoisotopic (exact) mass is 583 g/mol. The van der Waals surface area contributed by atoms with E-state index in [2.05, 4.69) is 10.2 Å². The molecule has 2 amide bonds. The van der Waals surface area contributed by atoms with Crippen molar-refractivity contribution in [2.75, 3.05) is 13.1 Å². The van der Waals surface area contributed by atoms with Gasteiger partial charge in [0.1, 0.15) is 0 Å². The molecule has 1 atom stereocenters. The number of urea groups is 1. The van der Waals surface area contributed by atoms with Crippen molar-refractivity contribution in [1.29, 1.82) is 0 Å². The predicted octanol–water partition coefficient (Wildman–Crippen LogP) is 6.41. The van der Waals surface area contributed by atoms with E-state index in [0.717, 1.165) is 12.8 Å². The molecule has 5 nitrogen and oxygen atoms in total. The fraction of sp³-hybridized carbons (Fsp3) is 0.400. The lowest BCUT2D eigenvalue weighted by Crippen LogP contribution is -2.61. The van der Waals surface area contributed by atoms with Crippen LogP contribution in [0.2, 0.25) is 0 Å². The van der Waals surface area contributed by atoms with Crippen LogP contribution >= 0.6 is 0 Å². The van der Waals surface area contributed by atoms with Crippen LogP contribution < -0.4 is 10.8 Å². The second-order valence-corrected chi connectivity index (χ2v) is 9.91. The Morgan fingerprint density at radius 1 is 0.875 bits per heavy atom. The van der Waals surface area contributed by atoms with Crippen molar-refractivity contribution in [3.8, 4) is 0 Å². The van der Waals surface area contributed by atoms with E-state index in [1.165, 1.54) is 29.2 Å². The number of halogens is 10. The predicted molar refractivity (Wildman–Crippen MR) is 119 cm³/mol. The van der Waals surface area contributed by atoms with E-state index < -0.39 is 58.2 Å². The van der Waals surface area contributed by atoms with Crippen LogP contribution in [-0.4, -0.2) is 36.2 Å². The number of nitrogens with zero attached hydrogens (tertiary/aromatic N) is 1. The van der Waals surface area contributed by atoms with Crippen molar-refractivity contribution in [3.05, 3.63) is 76.4 Å². The molecule has 2 aromatic rings. The minimum absolute atomic E-state index is 0.0100. The third-order valence-electron chi connectivity index (χ3n) is 6.90. The Hall–Kier alpha value is -3.49. The quantitative estimate of drug-likeness (QED) is 0.410. The summed E-state index contributed by atoms with van der Waals surface area (Å²) in [5, 5.41) is 2.72. The topological polar surface area (TPSA) is 53.6 Å². The van der Waals surface area contributed by atoms with E-state index >= 15 is 4.39 Å². The molecule has 2 N–H and O–H groups in total. The minimum Gasteiger partial charge on any atom is -0.335 e. The van der Waals surface area contributed by atoms with E-state index in [4.69, 9.17) is 0 Å². The average molecular weight is 583 g/mol. The number of carbonyl (C=O) groups is 1. The highest BCUT2D eigenvalue weighted by Crippen LogP contribution is 2.49. The number of nitrogens with one attached hydrogen (secondary N) is 2. The summed E-state index contributed by atoms with van der Waals surface area (Å²) in [5.74, 6) is 0. The van der Waals surface area contributed by atoms with E-state index in [1.807, 2.05) is 5.48 Å². The lowest BCUT2D eigenvalue weighted by Gasteiger charge is -2.44. The van der Waals surface area contributed by atoms with E-state index in [-0.39, 0.29) is 48.5 Å². The average Bonchev–Trinajstić information content (AvgIpc) is 3.52. The number of rotatable bonds is 4. The second-order valence-electron chi connectivity index (χ2n) is 9.91. The van der Waals surface area contributed by atoms with Crippen molar-refractivity contribution < 1.29 is 53.5 Å². The van der Waals surface area contributed by atoms with Gasteiger partial charge in [0.25, 0.3) is 0 Å². The number of hydrogen-bond donors (Lipinski definition) is 2. The number of amides is 2. The number of carbonyl (C=O) groups excluding carboxylic acids is 1. The molecular weight excluding hydrogens is 564 g/mol. The molecule has 3 aliphatic rings. The molecular formula is C25H19F10N3O2. The van der Waals surface area contributed by atoms with Crippen molar-refractivity contribution in [1.82, 2.24) is 15.7 Å². The first kappa shape index (κ1) is 28.1. The summed E-state index contributed by atoms with van der Waals surface area (Å²) in [6.07, 6.45) is -14.2. The van der Waals surface area contributed by atoms with Crippen molar-refractivity contribution in [2.45, 2.75) is 48.7 Å². The molecule has 2 fully saturated rings. The Bertz CT molecular complexity index is 1310. The van der Waals surface area contributed by atoms with Crippen LogP contribution in [0.1, 0.15) is 40.7 Å². The van der Waals surface area contributed by atoms with Crippen LogP contribution in [0.5, 0.6) is 0 Å². The molecule has 2 aliphatic heterocycles. The van der Waals surface area contributed by atoms with Gasteiger partial charge in [0.15, 0.2) is 5.67 Å². The van der Waals surface area contributed by atoms with Crippen molar-refractivity contribution in [3.63, 3.8) is 0 Å². The molecule has 15 heteroatoms. The number of hydrogen-bond acceptors (Lipinski definition) is 3. The fourth-order valence-electron chi connectivity index (χ4n) is 4.48. The van der Waals surface area contributed by atoms with E-state index in [9.17, 15) is 44.3 Å². The van der Waals surface area contributed by atoms with Gasteiger partial charge in [-0.2, -0.15) is 39.5 Å². The molecule has 40 heavy (non-hydrogen) atoms. The van der Waals surface area contributed by atoms with Crippen LogP contribution in [0.25, 0.3) is 5.70 Å². The molecule has 0 bridgehead atoms. The molecule has 1 saturated carbocycles. The van der Waals surface area contributed by atoms with Crippen LogP contribution in [0.3, 0.4) is 0 Å². The van der Waals surface area contributed by atoms with Crippen LogP contribution in [0.15, 0.2) is 48.5 Å². The molecule has 0 aromatic heterocycles. The Morgan fingerprint density at radius 3 is 1.90 bits per heavy atom. The normalized spacial score (nSPS) is 22.9. The highest BCUT2D eigenvalue weighted by atomic mass is 19.4. The Kier molecular flexibility index (Phi) is 6.32. The first-order chi connectivity index (χ1) is 18.4. The largest absolute Gasteiger partial charge is 0.428 e. The van der Waals surface area contributed by atoms with Crippen molar-refractivity contribution in [2.24, 2.45) is 0 Å². The maximum absolute atomic E-state index is 15.3. The number of likely N-dealkylation sites (tertiary alicyclic amines) is 1. The Labute approximate surface area is 219 Å². The van der Waals surface area contributed by atoms with Gasteiger partial charge in [-0.1, -0.05) is 24.3 Å². The number of benzene rings is 2. The van der Waals surface area contributed by atoms with Crippen LogP contribution in [0.4, 0.5) is 48.7 Å². The summed E-state index contributed by atoms with van der Waals surface area (Å²) in [4.78, 5) is 18.0. The number of hydroxylamine groups is 1. The number of alkyl halides is 10. The maximum atomic E-state index is 15.3. The third kappa shape index (κ3) is 5.06. The molecule has 216 valence electrons. The molecule has 2 heterocycles. The van der Waals surface area contributed by atoms with E-state index in [1.54, 1.807) is 0 Å². The molecule has 0 radical (unpaired) electrons. The maximum Gasteiger partial charge on any atom is 0.428 e. The summed E-state index contributed by atoms with van der Waals surface area (Å²) < 4.78 is 138. The SMILES string of the molecule is O=C(NC1CC1)N1CC(F)(c2ccc(C3=CC(c4cc(C(F)(F)F)cc(C(F)(F)F)c4)(C(F)(F)F)ON3)cc2)C1. The first-order valence-electron chi connectivity index (χ1n) is 11.8. The zero-order chi connectivity index (χ0) is 29.3. The minimum atomic E-state index is -5.49. The van der Waals surface area contributed by atoms with E-state index in [0.29, 0.717) is 6.08 Å². The van der Waals surface area contributed by atoms with Gasteiger partial charge in [-0.3, -0.25) is 10.3 Å². The van der Waals surface area contributed by atoms with Gasteiger partial charge in [0.05, 0.1) is 29.9 Å². The molecule has 5 rings (SSSR count). The fourth-order valence-corrected chi connectivity index (χ4v) is 4.48. The van der Waals surface area contributed by atoms with Crippen LogP contribution in [0, 0.1) is 0 Å². The molecule has 0 spiro atoms.